The highest BCUT2D eigenvalue weighted by atomic mass is 16.5. The van der Waals surface area contributed by atoms with Crippen LogP contribution in [-0.4, -0.2) is 28.9 Å². The molecule has 0 aromatic rings. The first kappa shape index (κ1) is 18.7. The van der Waals surface area contributed by atoms with Crippen molar-refractivity contribution in [2.45, 2.75) is 78.9 Å². The third-order valence-corrected chi connectivity index (χ3v) is 3.84. The van der Waals surface area contributed by atoms with Gasteiger partial charge in [0.15, 0.2) is 0 Å². The van der Waals surface area contributed by atoms with Gasteiger partial charge in [-0.25, -0.2) is 0 Å². The highest BCUT2D eigenvalue weighted by molar-refractivity contribution is 6.47. The van der Waals surface area contributed by atoms with Gasteiger partial charge in [0.25, 0.3) is 0 Å². The molecule has 0 aliphatic rings. The second kappa shape index (κ2) is 8.08. The molecule has 0 spiro atoms. The van der Waals surface area contributed by atoms with Gasteiger partial charge in [-0.2, -0.15) is 0 Å². The van der Waals surface area contributed by atoms with Gasteiger partial charge in [0.2, 0.25) is 0 Å². The van der Waals surface area contributed by atoms with Crippen LogP contribution >= 0.6 is 0 Å². The topological polar surface area (TPSA) is 49.7 Å². The van der Waals surface area contributed by atoms with Gasteiger partial charge in [0.1, 0.15) is 0 Å². The van der Waals surface area contributed by atoms with E-state index in [9.17, 15) is 0 Å². The minimum absolute atomic E-state index is 0.0294. The summed E-state index contributed by atoms with van der Waals surface area (Å²) in [5.41, 5.74) is -0.240. The van der Waals surface area contributed by atoms with Crippen molar-refractivity contribution >= 4 is 7.12 Å². The molecule has 0 aliphatic carbocycles. The smallest absolute Gasteiger partial charge is 0.424 e. The summed E-state index contributed by atoms with van der Waals surface area (Å²) in [7, 11) is -1.41. The lowest BCUT2D eigenvalue weighted by molar-refractivity contribution is -0.117. The van der Waals surface area contributed by atoms with Gasteiger partial charge in [-0.1, -0.05) is 59.0 Å². The summed E-state index contributed by atoms with van der Waals surface area (Å²) in [6, 6.07) is 0. The average Bonchev–Trinajstić information content (AvgIpc) is 2.24. The zero-order valence-electron chi connectivity index (χ0n) is 13.4. The van der Waals surface area contributed by atoms with E-state index in [2.05, 4.69) is 41.5 Å². The zero-order valence-corrected chi connectivity index (χ0v) is 13.4. The molecule has 0 bridgehead atoms. The third-order valence-electron chi connectivity index (χ3n) is 3.84. The van der Waals surface area contributed by atoms with Crippen LogP contribution < -0.4 is 0 Å². The summed E-state index contributed by atoms with van der Waals surface area (Å²) in [5.74, 6) is 1.38. The van der Waals surface area contributed by atoms with Gasteiger partial charge in [-0.15, -0.1) is 0 Å². The van der Waals surface area contributed by atoms with Crippen molar-refractivity contribution in [3.05, 3.63) is 12.1 Å². The molecule has 0 radical (unpaired) electrons. The Morgan fingerprint density at radius 1 is 1.11 bits per heavy atom. The quantitative estimate of drug-likeness (QED) is 0.525. The Labute approximate surface area is 119 Å². The van der Waals surface area contributed by atoms with Crippen LogP contribution in [0, 0.1) is 5.41 Å². The van der Waals surface area contributed by atoms with Crippen LogP contribution in [-0.2, 0) is 4.74 Å². The van der Waals surface area contributed by atoms with Crippen molar-refractivity contribution in [3.8, 4) is 0 Å². The molecule has 0 aromatic heterocycles. The Hall–Kier alpha value is -0.315. The average molecular weight is 270 g/mol. The van der Waals surface area contributed by atoms with Crippen LogP contribution in [0.2, 0.25) is 0 Å². The van der Waals surface area contributed by atoms with Crippen molar-refractivity contribution in [1.82, 2.24) is 0 Å². The van der Waals surface area contributed by atoms with Crippen LogP contribution in [0.4, 0.5) is 0 Å². The maximum atomic E-state index is 8.94. The predicted molar refractivity (Wildman–Crippen MR) is 81.9 cm³/mol. The molecule has 0 aromatic carbocycles. The van der Waals surface area contributed by atoms with Gasteiger partial charge < -0.3 is 14.8 Å². The molecule has 0 heterocycles. The molecule has 0 rings (SSSR count). The number of ether oxygens (including phenoxy) is 1. The van der Waals surface area contributed by atoms with Crippen molar-refractivity contribution in [2.24, 2.45) is 5.41 Å². The van der Waals surface area contributed by atoms with E-state index in [0.717, 1.165) is 12.8 Å². The summed E-state index contributed by atoms with van der Waals surface area (Å²) in [5, 5.41) is 17.9. The Morgan fingerprint density at radius 3 is 2.11 bits per heavy atom. The lowest BCUT2D eigenvalue weighted by Gasteiger charge is -2.41. The van der Waals surface area contributed by atoms with Crippen molar-refractivity contribution in [2.75, 3.05) is 0 Å². The molecule has 2 N–H and O–H groups in total. The first-order valence-corrected chi connectivity index (χ1v) is 7.32. The Morgan fingerprint density at radius 2 is 1.68 bits per heavy atom. The van der Waals surface area contributed by atoms with E-state index in [1.807, 2.05) is 0 Å². The molecule has 3 nitrogen and oxygen atoms in total. The van der Waals surface area contributed by atoms with Gasteiger partial charge in [-0.3, -0.25) is 0 Å². The van der Waals surface area contributed by atoms with E-state index in [1.165, 1.54) is 18.8 Å². The summed E-state index contributed by atoms with van der Waals surface area (Å²) < 4.78 is 6.19. The molecule has 1 atom stereocenters. The Balaban J connectivity index is 4.65. The molecule has 19 heavy (non-hydrogen) atoms. The van der Waals surface area contributed by atoms with Gasteiger partial charge in [-0.05, 0) is 25.7 Å². The summed E-state index contributed by atoms with van der Waals surface area (Å²) in [4.78, 5) is 0. The highest BCUT2D eigenvalue weighted by Crippen LogP contribution is 2.34. The van der Waals surface area contributed by atoms with Crippen LogP contribution in [0.1, 0.15) is 67.2 Å². The second-order valence-corrected chi connectivity index (χ2v) is 6.71. The van der Waals surface area contributed by atoms with Crippen LogP contribution in [0.15, 0.2) is 12.1 Å². The monoisotopic (exact) mass is 270 g/mol. The molecule has 0 aliphatic heterocycles. The van der Waals surface area contributed by atoms with Crippen LogP contribution in [0.5, 0.6) is 0 Å². The fourth-order valence-electron chi connectivity index (χ4n) is 1.57. The maximum Gasteiger partial charge on any atom is 0.480 e. The second-order valence-electron chi connectivity index (χ2n) is 6.71. The normalized spacial score (nSPS) is 14.9. The highest BCUT2D eigenvalue weighted by Gasteiger charge is 2.35. The van der Waals surface area contributed by atoms with Gasteiger partial charge in [0.05, 0.1) is 11.7 Å². The summed E-state index contributed by atoms with van der Waals surface area (Å²) in [6.07, 6.45) is 6.05. The summed E-state index contributed by atoms with van der Waals surface area (Å²) in [6.45, 7) is 12.8. The summed E-state index contributed by atoms with van der Waals surface area (Å²) >= 11 is 0. The number of rotatable bonds is 8. The Kier molecular flexibility index (Phi) is 7.95. The van der Waals surface area contributed by atoms with Crippen molar-refractivity contribution in [3.63, 3.8) is 0 Å². The standard InChI is InChI=1S/C15H31BO3/c1-7-8-9-10-13(11-12-16(17)18)19-15(5,6)14(2,3)4/h11-13,17-18H,7-10H2,1-6H3/b12-11+/t13-/m0/s1. The fraction of sp³-hybridized carbons (Fsp3) is 0.867. The van der Waals surface area contributed by atoms with E-state index >= 15 is 0 Å². The lowest BCUT2D eigenvalue weighted by atomic mass is 9.79. The van der Waals surface area contributed by atoms with E-state index in [4.69, 9.17) is 14.8 Å². The van der Waals surface area contributed by atoms with Crippen LogP contribution in [0.3, 0.4) is 0 Å². The number of hydrogen-bond acceptors (Lipinski definition) is 3. The SMILES string of the molecule is CCCCC[C@@H](/C=C/B(O)O)OC(C)(C)C(C)(C)C. The zero-order chi connectivity index (χ0) is 15.1. The molecule has 4 heteroatoms. The lowest BCUT2D eigenvalue weighted by Crippen LogP contribution is -2.42. The molecular weight excluding hydrogens is 239 g/mol. The number of hydrogen-bond donors (Lipinski definition) is 2. The molecular formula is C15H31BO3. The van der Waals surface area contributed by atoms with Crippen LogP contribution in [0.25, 0.3) is 0 Å². The van der Waals surface area contributed by atoms with E-state index in [1.54, 1.807) is 6.08 Å². The van der Waals surface area contributed by atoms with E-state index in [-0.39, 0.29) is 17.1 Å². The molecule has 0 saturated carbocycles. The minimum atomic E-state index is -1.41. The largest absolute Gasteiger partial charge is 0.480 e. The van der Waals surface area contributed by atoms with Gasteiger partial charge in [0, 0.05) is 0 Å². The molecule has 0 amide bonds. The van der Waals surface area contributed by atoms with Crippen molar-refractivity contribution < 1.29 is 14.8 Å². The molecule has 0 unspecified atom stereocenters. The maximum absolute atomic E-state index is 8.94. The molecule has 0 fully saturated rings. The first-order valence-electron chi connectivity index (χ1n) is 7.32. The Bertz CT molecular complexity index is 267. The first-order chi connectivity index (χ1) is 8.60. The van der Waals surface area contributed by atoms with E-state index < -0.39 is 7.12 Å². The van der Waals surface area contributed by atoms with Crippen molar-refractivity contribution in [1.29, 1.82) is 0 Å². The number of unbranched alkanes of at least 4 members (excludes halogenated alkanes) is 2. The van der Waals surface area contributed by atoms with E-state index in [0.29, 0.717) is 0 Å². The molecule has 0 saturated heterocycles. The minimum Gasteiger partial charge on any atom is -0.424 e. The molecule has 112 valence electrons. The fourth-order valence-corrected chi connectivity index (χ4v) is 1.57. The van der Waals surface area contributed by atoms with Gasteiger partial charge >= 0.3 is 7.12 Å². The predicted octanol–water partition coefficient (Wildman–Crippen LogP) is 3.34. The third kappa shape index (κ3) is 7.76.